The van der Waals surface area contributed by atoms with Gasteiger partial charge in [0.25, 0.3) is 0 Å². The lowest BCUT2D eigenvalue weighted by Gasteiger charge is -2.30. The highest BCUT2D eigenvalue weighted by molar-refractivity contribution is 5.97. The van der Waals surface area contributed by atoms with E-state index in [0.29, 0.717) is 13.2 Å². The average Bonchev–Trinajstić information content (AvgIpc) is 3.34. The Morgan fingerprint density at radius 2 is 1.18 bits per heavy atom. The molecule has 1 aliphatic rings. The molecule has 1 unspecified atom stereocenters. The van der Waals surface area contributed by atoms with Crippen LogP contribution in [0.1, 0.15) is 27.5 Å². The molecule has 4 aromatic carbocycles. The van der Waals surface area contributed by atoms with Gasteiger partial charge in [-0.3, -0.25) is 4.79 Å². The van der Waals surface area contributed by atoms with E-state index in [9.17, 15) is 4.79 Å². The highest BCUT2D eigenvalue weighted by atomic mass is 16.1. The summed E-state index contributed by atoms with van der Waals surface area (Å²) < 4.78 is 0. The summed E-state index contributed by atoms with van der Waals surface area (Å²) in [6.45, 7) is 1.03. The van der Waals surface area contributed by atoms with E-state index in [1.807, 2.05) is 48.7 Å². The third-order valence-electron chi connectivity index (χ3n) is 6.04. The zero-order valence-corrected chi connectivity index (χ0v) is 18.4. The summed E-state index contributed by atoms with van der Waals surface area (Å²) in [4.78, 5) is 17.1. The van der Waals surface area contributed by atoms with Gasteiger partial charge in [0.1, 0.15) is 0 Å². The molecular formula is C30H26N2O. The highest BCUT2D eigenvalue weighted by Crippen LogP contribution is 2.32. The van der Waals surface area contributed by atoms with E-state index in [2.05, 4.69) is 88.8 Å². The first-order chi connectivity index (χ1) is 16.3. The Morgan fingerprint density at radius 1 is 0.636 bits per heavy atom. The second-order valence-corrected chi connectivity index (χ2v) is 8.29. The fourth-order valence-electron chi connectivity index (χ4n) is 4.35. The standard InChI is InChI=1S/C30H26N2O/c33-29(26-12-6-2-7-13-26)22-31-20-21-32(23-31)30(27-14-8-3-9-15-27)28-18-16-25(17-19-28)24-10-4-1-5-11-24/h1-21,30H,22-23H2. The molecule has 1 heterocycles. The molecule has 0 aliphatic carbocycles. The van der Waals surface area contributed by atoms with Crippen LogP contribution in [0.5, 0.6) is 0 Å². The Kier molecular flexibility index (Phi) is 6.03. The first-order valence-corrected chi connectivity index (χ1v) is 11.2. The van der Waals surface area contributed by atoms with Crippen molar-refractivity contribution in [3.63, 3.8) is 0 Å². The molecule has 0 aromatic heterocycles. The molecule has 0 saturated carbocycles. The van der Waals surface area contributed by atoms with Gasteiger partial charge in [0, 0.05) is 18.0 Å². The topological polar surface area (TPSA) is 23.6 Å². The third-order valence-corrected chi connectivity index (χ3v) is 6.04. The molecule has 0 radical (unpaired) electrons. The smallest absolute Gasteiger partial charge is 0.182 e. The Hall–Kier alpha value is -4.11. The molecule has 0 amide bonds. The monoisotopic (exact) mass is 430 g/mol. The third kappa shape index (κ3) is 4.73. The second-order valence-electron chi connectivity index (χ2n) is 8.29. The van der Waals surface area contributed by atoms with Gasteiger partial charge >= 0.3 is 0 Å². The van der Waals surface area contributed by atoms with Gasteiger partial charge in [0.05, 0.1) is 19.3 Å². The van der Waals surface area contributed by atoms with E-state index < -0.39 is 0 Å². The summed E-state index contributed by atoms with van der Waals surface area (Å²) in [5.74, 6) is 0.130. The normalized spacial score (nSPS) is 13.8. The summed E-state index contributed by atoms with van der Waals surface area (Å²) in [5, 5.41) is 0. The zero-order valence-electron chi connectivity index (χ0n) is 18.4. The van der Waals surface area contributed by atoms with E-state index in [0.717, 1.165) is 5.56 Å². The van der Waals surface area contributed by atoms with Crippen LogP contribution in [0.4, 0.5) is 0 Å². The number of benzene rings is 4. The Morgan fingerprint density at radius 3 is 1.85 bits per heavy atom. The van der Waals surface area contributed by atoms with Gasteiger partial charge in [-0.25, -0.2) is 0 Å². The average molecular weight is 431 g/mol. The van der Waals surface area contributed by atoms with Crippen molar-refractivity contribution in [2.24, 2.45) is 0 Å². The second kappa shape index (κ2) is 9.58. The number of hydrogen-bond acceptors (Lipinski definition) is 3. The minimum atomic E-state index is 0.0732. The number of nitrogens with zero attached hydrogens (tertiary/aromatic N) is 2. The van der Waals surface area contributed by atoms with E-state index in [1.165, 1.54) is 22.3 Å². The molecule has 0 fully saturated rings. The quantitative estimate of drug-likeness (QED) is 0.318. The number of hydrogen-bond donors (Lipinski definition) is 0. The maximum absolute atomic E-state index is 12.7. The maximum Gasteiger partial charge on any atom is 0.182 e. The fraction of sp³-hybridized carbons (Fsp3) is 0.100. The predicted octanol–water partition coefficient (Wildman–Crippen LogP) is 6.37. The molecular weight excluding hydrogens is 404 g/mol. The summed E-state index contributed by atoms with van der Waals surface area (Å²) in [6, 6.07) is 39.4. The molecule has 3 heteroatoms. The fourth-order valence-corrected chi connectivity index (χ4v) is 4.35. The van der Waals surface area contributed by atoms with E-state index in [4.69, 9.17) is 0 Å². The molecule has 0 saturated heterocycles. The van der Waals surface area contributed by atoms with Gasteiger partial charge in [0.2, 0.25) is 0 Å². The van der Waals surface area contributed by atoms with Crippen LogP contribution in [0.3, 0.4) is 0 Å². The van der Waals surface area contributed by atoms with Crippen LogP contribution in [0.2, 0.25) is 0 Å². The first-order valence-electron chi connectivity index (χ1n) is 11.2. The van der Waals surface area contributed by atoms with E-state index in [1.54, 1.807) is 0 Å². The molecule has 162 valence electrons. The molecule has 5 rings (SSSR count). The number of rotatable bonds is 7. The lowest BCUT2D eigenvalue weighted by molar-refractivity contribution is 0.0941. The number of Topliss-reactive ketones (excluding diaryl/α,β-unsaturated/α-hetero) is 1. The lowest BCUT2D eigenvalue weighted by atomic mass is 9.95. The number of carbonyl (C=O) groups excluding carboxylic acids is 1. The predicted molar refractivity (Wildman–Crippen MR) is 133 cm³/mol. The molecule has 0 N–H and O–H groups in total. The van der Waals surface area contributed by atoms with Crippen LogP contribution in [0, 0.1) is 0 Å². The maximum atomic E-state index is 12.7. The van der Waals surface area contributed by atoms with Crippen molar-refractivity contribution in [1.82, 2.24) is 9.80 Å². The number of ketones is 1. The van der Waals surface area contributed by atoms with Gasteiger partial charge in [-0.05, 0) is 22.3 Å². The minimum Gasteiger partial charge on any atom is -0.351 e. The molecule has 1 aliphatic heterocycles. The van der Waals surface area contributed by atoms with Crippen molar-refractivity contribution in [2.45, 2.75) is 6.04 Å². The van der Waals surface area contributed by atoms with Crippen molar-refractivity contribution in [3.8, 4) is 11.1 Å². The summed E-state index contributed by atoms with van der Waals surface area (Å²) >= 11 is 0. The SMILES string of the molecule is O=C(CN1C=CN(C(c2ccccc2)c2ccc(-c3ccccc3)cc2)C1)c1ccccc1. The summed E-state index contributed by atoms with van der Waals surface area (Å²) in [5.41, 5.74) is 5.62. The highest BCUT2D eigenvalue weighted by Gasteiger charge is 2.25. The molecule has 4 aromatic rings. The van der Waals surface area contributed by atoms with Gasteiger partial charge in [-0.1, -0.05) is 115 Å². The molecule has 0 spiro atoms. The van der Waals surface area contributed by atoms with Gasteiger partial charge in [-0.2, -0.15) is 0 Å². The Labute approximate surface area is 195 Å². The summed E-state index contributed by atoms with van der Waals surface area (Å²) in [6.07, 6.45) is 4.12. The molecule has 1 atom stereocenters. The molecule has 3 nitrogen and oxygen atoms in total. The lowest BCUT2D eigenvalue weighted by Crippen LogP contribution is -2.32. The van der Waals surface area contributed by atoms with Gasteiger partial charge in [-0.15, -0.1) is 0 Å². The Balaban J connectivity index is 1.37. The van der Waals surface area contributed by atoms with Crippen molar-refractivity contribution in [2.75, 3.05) is 13.2 Å². The minimum absolute atomic E-state index is 0.0732. The van der Waals surface area contributed by atoms with Crippen molar-refractivity contribution in [1.29, 1.82) is 0 Å². The van der Waals surface area contributed by atoms with Crippen molar-refractivity contribution >= 4 is 5.78 Å². The van der Waals surface area contributed by atoms with Gasteiger partial charge in [0.15, 0.2) is 5.78 Å². The number of carbonyl (C=O) groups is 1. The molecule has 33 heavy (non-hydrogen) atoms. The van der Waals surface area contributed by atoms with E-state index >= 15 is 0 Å². The van der Waals surface area contributed by atoms with Crippen LogP contribution in [0.25, 0.3) is 11.1 Å². The first kappa shape index (κ1) is 20.8. The van der Waals surface area contributed by atoms with Crippen molar-refractivity contribution in [3.05, 3.63) is 144 Å². The van der Waals surface area contributed by atoms with Gasteiger partial charge < -0.3 is 9.80 Å². The van der Waals surface area contributed by atoms with E-state index in [-0.39, 0.29) is 11.8 Å². The van der Waals surface area contributed by atoms with Crippen LogP contribution >= 0.6 is 0 Å². The Bertz CT molecular complexity index is 1220. The van der Waals surface area contributed by atoms with Crippen LogP contribution in [-0.2, 0) is 0 Å². The van der Waals surface area contributed by atoms with Crippen molar-refractivity contribution < 1.29 is 4.79 Å². The largest absolute Gasteiger partial charge is 0.351 e. The summed E-state index contributed by atoms with van der Waals surface area (Å²) in [7, 11) is 0. The van der Waals surface area contributed by atoms with Crippen LogP contribution in [0.15, 0.2) is 128 Å². The zero-order chi connectivity index (χ0) is 22.5. The molecule has 0 bridgehead atoms. The van der Waals surface area contributed by atoms with Crippen LogP contribution < -0.4 is 0 Å². The van der Waals surface area contributed by atoms with Crippen LogP contribution in [-0.4, -0.2) is 28.8 Å².